The van der Waals surface area contributed by atoms with Crippen LogP contribution in [0.5, 0.6) is 0 Å². The van der Waals surface area contributed by atoms with Gasteiger partial charge in [0.05, 0.1) is 6.61 Å². The number of hydrogen-bond donors (Lipinski definition) is 0. The minimum Gasteiger partial charge on any atom is -0.462 e. The summed E-state index contributed by atoms with van der Waals surface area (Å²) in [5.41, 5.74) is 1.49. The van der Waals surface area contributed by atoms with Crippen molar-refractivity contribution in [2.24, 2.45) is 17.3 Å². The van der Waals surface area contributed by atoms with Gasteiger partial charge in [-0.3, -0.25) is 4.79 Å². The summed E-state index contributed by atoms with van der Waals surface area (Å²) in [6, 6.07) is 0. The summed E-state index contributed by atoms with van der Waals surface area (Å²) in [6.45, 7) is 10.3. The fourth-order valence-electron chi connectivity index (χ4n) is 3.67. The average molecular weight is 262 g/mol. The van der Waals surface area contributed by atoms with E-state index in [0.717, 1.165) is 18.4 Å². The van der Waals surface area contributed by atoms with Gasteiger partial charge in [0, 0.05) is 6.42 Å². The molecule has 1 saturated carbocycles. The third kappa shape index (κ3) is 2.26. The molecular formula is C16H22O3. The monoisotopic (exact) mass is 262 g/mol. The van der Waals surface area contributed by atoms with Crippen LogP contribution in [-0.2, 0) is 14.3 Å². The summed E-state index contributed by atoms with van der Waals surface area (Å²) < 4.78 is 5.03. The third-order valence-electron chi connectivity index (χ3n) is 4.49. The number of fused-ring (bicyclic) bond motifs is 1. The SMILES string of the molecule is C=CC[C@@H]1[C@H]2CC(=O)C(C(=O)OCC)=C2CC1(C)C. The van der Waals surface area contributed by atoms with Crippen molar-refractivity contribution in [1.29, 1.82) is 0 Å². The number of carbonyl (C=O) groups excluding carboxylic acids is 2. The fourth-order valence-corrected chi connectivity index (χ4v) is 3.67. The zero-order valence-electron chi connectivity index (χ0n) is 12.0. The van der Waals surface area contributed by atoms with E-state index in [1.54, 1.807) is 6.92 Å². The van der Waals surface area contributed by atoms with Crippen molar-refractivity contribution in [3.63, 3.8) is 0 Å². The van der Waals surface area contributed by atoms with Crippen LogP contribution in [0.2, 0.25) is 0 Å². The van der Waals surface area contributed by atoms with E-state index in [9.17, 15) is 9.59 Å². The van der Waals surface area contributed by atoms with Gasteiger partial charge < -0.3 is 4.74 Å². The van der Waals surface area contributed by atoms with E-state index >= 15 is 0 Å². The summed E-state index contributed by atoms with van der Waals surface area (Å²) in [6.07, 6.45) is 4.09. The Balaban J connectivity index is 2.37. The van der Waals surface area contributed by atoms with Gasteiger partial charge in [-0.15, -0.1) is 6.58 Å². The molecule has 2 aliphatic rings. The summed E-state index contributed by atoms with van der Waals surface area (Å²) >= 11 is 0. The number of carbonyl (C=O) groups is 2. The highest BCUT2D eigenvalue weighted by atomic mass is 16.5. The highest BCUT2D eigenvalue weighted by Gasteiger charge is 2.51. The predicted molar refractivity (Wildman–Crippen MR) is 73.5 cm³/mol. The van der Waals surface area contributed by atoms with Crippen molar-refractivity contribution in [3.8, 4) is 0 Å². The molecule has 0 aromatic heterocycles. The van der Waals surface area contributed by atoms with Crippen molar-refractivity contribution >= 4 is 11.8 Å². The lowest BCUT2D eigenvalue weighted by molar-refractivity contribution is -0.139. The molecule has 0 radical (unpaired) electrons. The predicted octanol–water partition coefficient (Wildman–Crippen LogP) is 3.06. The Labute approximate surface area is 114 Å². The maximum absolute atomic E-state index is 12.1. The molecule has 1 fully saturated rings. The van der Waals surface area contributed by atoms with Crippen LogP contribution in [0.25, 0.3) is 0 Å². The van der Waals surface area contributed by atoms with Crippen molar-refractivity contribution in [2.75, 3.05) is 6.61 Å². The molecule has 2 atom stereocenters. The minimum absolute atomic E-state index is 0.0389. The van der Waals surface area contributed by atoms with Crippen LogP contribution in [0.15, 0.2) is 23.8 Å². The number of esters is 1. The Morgan fingerprint density at radius 1 is 1.53 bits per heavy atom. The van der Waals surface area contributed by atoms with E-state index in [1.807, 2.05) is 6.08 Å². The van der Waals surface area contributed by atoms with E-state index in [0.29, 0.717) is 24.5 Å². The number of Topliss-reactive ketones (excluding diaryl/α,β-unsaturated/α-hetero) is 1. The molecule has 3 heteroatoms. The zero-order valence-corrected chi connectivity index (χ0v) is 12.0. The number of hydrogen-bond acceptors (Lipinski definition) is 3. The highest BCUT2D eigenvalue weighted by Crippen LogP contribution is 2.56. The van der Waals surface area contributed by atoms with Crippen molar-refractivity contribution in [2.45, 2.75) is 40.0 Å². The molecule has 3 nitrogen and oxygen atoms in total. The van der Waals surface area contributed by atoms with Gasteiger partial charge >= 0.3 is 5.97 Å². The van der Waals surface area contributed by atoms with Gasteiger partial charge in [0.1, 0.15) is 5.57 Å². The Morgan fingerprint density at radius 3 is 2.79 bits per heavy atom. The zero-order chi connectivity index (χ0) is 14.2. The first-order valence-electron chi connectivity index (χ1n) is 6.96. The molecule has 2 rings (SSSR count). The van der Waals surface area contributed by atoms with Gasteiger partial charge in [-0.1, -0.05) is 19.9 Å². The van der Waals surface area contributed by atoms with Gasteiger partial charge in [-0.25, -0.2) is 4.79 Å². The second-order valence-corrected chi connectivity index (χ2v) is 6.15. The lowest BCUT2D eigenvalue weighted by Crippen LogP contribution is -2.23. The molecule has 0 amide bonds. The van der Waals surface area contributed by atoms with Gasteiger partial charge in [0.25, 0.3) is 0 Å². The van der Waals surface area contributed by atoms with E-state index in [2.05, 4.69) is 20.4 Å². The van der Waals surface area contributed by atoms with Crippen LogP contribution >= 0.6 is 0 Å². The quantitative estimate of drug-likeness (QED) is 0.444. The number of ether oxygens (including phenoxy) is 1. The number of allylic oxidation sites excluding steroid dienone is 2. The molecule has 0 saturated heterocycles. The second kappa shape index (κ2) is 4.95. The third-order valence-corrected chi connectivity index (χ3v) is 4.49. The lowest BCUT2D eigenvalue weighted by atomic mass is 9.76. The van der Waals surface area contributed by atoms with E-state index in [4.69, 9.17) is 4.74 Å². The van der Waals surface area contributed by atoms with Crippen molar-refractivity contribution in [3.05, 3.63) is 23.8 Å². The fraction of sp³-hybridized carbons (Fsp3) is 0.625. The number of ketones is 1. The first kappa shape index (κ1) is 14.0. The lowest BCUT2D eigenvalue weighted by Gasteiger charge is -2.28. The van der Waals surface area contributed by atoms with E-state index in [1.165, 1.54) is 0 Å². The van der Waals surface area contributed by atoms with Crippen molar-refractivity contribution < 1.29 is 14.3 Å². The maximum atomic E-state index is 12.1. The van der Waals surface area contributed by atoms with Crippen LogP contribution < -0.4 is 0 Å². The molecular weight excluding hydrogens is 240 g/mol. The maximum Gasteiger partial charge on any atom is 0.341 e. The van der Waals surface area contributed by atoms with Crippen molar-refractivity contribution in [1.82, 2.24) is 0 Å². The molecule has 0 aromatic carbocycles. The Bertz CT molecular complexity index is 457. The second-order valence-electron chi connectivity index (χ2n) is 6.15. The smallest absolute Gasteiger partial charge is 0.341 e. The average Bonchev–Trinajstić information content (AvgIpc) is 2.72. The largest absolute Gasteiger partial charge is 0.462 e. The van der Waals surface area contributed by atoms with Crippen LogP contribution in [0.4, 0.5) is 0 Å². The van der Waals surface area contributed by atoms with Gasteiger partial charge in [-0.2, -0.15) is 0 Å². The normalized spacial score (nSPS) is 28.5. The standard InChI is InChI=1S/C16H22O3/c1-5-7-12-10-8-13(17)14(15(18)19-6-2)11(10)9-16(12,3)4/h5,10,12H,1,6-9H2,2-4H3/t10-,12+/m0/s1. The molecule has 2 aliphatic carbocycles. The number of rotatable bonds is 4. The Kier molecular flexibility index (Phi) is 3.66. The van der Waals surface area contributed by atoms with Crippen LogP contribution in [0.3, 0.4) is 0 Å². The highest BCUT2D eigenvalue weighted by molar-refractivity contribution is 6.20. The molecule has 0 spiro atoms. The van der Waals surface area contributed by atoms with Crippen LogP contribution in [0.1, 0.15) is 40.0 Å². The van der Waals surface area contributed by atoms with E-state index < -0.39 is 5.97 Å². The van der Waals surface area contributed by atoms with Crippen LogP contribution in [-0.4, -0.2) is 18.4 Å². The molecule has 19 heavy (non-hydrogen) atoms. The summed E-state index contributed by atoms with van der Waals surface area (Å²) in [5.74, 6) is 0.138. The van der Waals surface area contributed by atoms with Gasteiger partial charge in [0.15, 0.2) is 5.78 Å². The molecule has 0 heterocycles. The first-order valence-corrected chi connectivity index (χ1v) is 6.96. The molecule has 0 unspecified atom stereocenters. The Hall–Kier alpha value is -1.38. The molecule has 0 bridgehead atoms. The van der Waals surface area contributed by atoms with Gasteiger partial charge in [0.2, 0.25) is 0 Å². The molecule has 104 valence electrons. The molecule has 0 aliphatic heterocycles. The Morgan fingerprint density at radius 2 is 2.21 bits per heavy atom. The molecule has 0 aromatic rings. The summed E-state index contributed by atoms with van der Waals surface area (Å²) in [4.78, 5) is 24.0. The summed E-state index contributed by atoms with van der Waals surface area (Å²) in [5, 5.41) is 0. The topological polar surface area (TPSA) is 43.4 Å². The minimum atomic E-state index is -0.431. The van der Waals surface area contributed by atoms with E-state index in [-0.39, 0.29) is 17.1 Å². The van der Waals surface area contributed by atoms with Crippen LogP contribution in [0, 0.1) is 17.3 Å². The van der Waals surface area contributed by atoms with Gasteiger partial charge in [-0.05, 0) is 42.6 Å². The first-order chi connectivity index (χ1) is 8.92. The summed E-state index contributed by atoms with van der Waals surface area (Å²) in [7, 11) is 0. The molecule has 0 N–H and O–H groups in total.